The molecule has 0 unspecified atom stereocenters. The third kappa shape index (κ3) is 3.44. The maximum Gasteiger partial charge on any atom is 0.229 e. The summed E-state index contributed by atoms with van der Waals surface area (Å²) >= 11 is 0. The second-order valence-electron chi connectivity index (χ2n) is 10.4. The van der Waals surface area contributed by atoms with Crippen LogP contribution >= 0.6 is 0 Å². The Morgan fingerprint density at radius 2 is 1.03 bits per heavy atom. The van der Waals surface area contributed by atoms with E-state index >= 15 is 0 Å². The molecule has 4 rings (SSSR count). The van der Waals surface area contributed by atoms with Crippen molar-refractivity contribution in [2.24, 2.45) is 0 Å². The lowest BCUT2D eigenvalue weighted by molar-refractivity contribution is 0.701. The molecule has 1 nitrogen and oxygen atoms in total. The summed E-state index contributed by atoms with van der Waals surface area (Å²) in [6, 6.07) is 33.3. The van der Waals surface area contributed by atoms with Gasteiger partial charge in [0.05, 0.1) is 8.07 Å². The maximum absolute atomic E-state index is 4.26. The fourth-order valence-electron chi connectivity index (χ4n) is 5.23. The van der Waals surface area contributed by atoms with Gasteiger partial charge in [-0.3, -0.25) is 0 Å². The molecule has 3 aromatic rings. The summed E-state index contributed by atoms with van der Waals surface area (Å²) in [5, 5.41) is 3.07. The highest BCUT2D eigenvalue weighted by molar-refractivity contribution is 7.16. The van der Waals surface area contributed by atoms with Crippen LogP contribution in [0.4, 0.5) is 5.69 Å². The largest absolute Gasteiger partial charge is 0.403 e. The summed E-state index contributed by atoms with van der Waals surface area (Å²) in [5.74, 6) is 0. The first-order chi connectivity index (χ1) is 15.2. The van der Waals surface area contributed by atoms with Crippen LogP contribution in [0.1, 0.15) is 20.8 Å². The van der Waals surface area contributed by atoms with E-state index in [4.69, 9.17) is 0 Å². The summed E-state index contributed by atoms with van der Waals surface area (Å²) < 4.78 is -0.0448. The van der Waals surface area contributed by atoms with Gasteiger partial charge in [-0.25, -0.2) is 0 Å². The first kappa shape index (κ1) is 22.6. The number of benzene rings is 3. The van der Waals surface area contributed by atoms with E-state index in [2.05, 4.69) is 154 Å². The Morgan fingerprint density at radius 1 is 0.625 bits per heavy atom. The van der Waals surface area contributed by atoms with Crippen LogP contribution < -0.4 is 15.4 Å². The van der Waals surface area contributed by atoms with Crippen molar-refractivity contribution in [1.29, 1.82) is 0 Å². The van der Waals surface area contributed by atoms with Crippen LogP contribution in [0.25, 0.3) is 0 Å². The van der Waals surface area contributed by atoms with Gasteiger partial charge >= 0.3 is 0 Å². The highest BCUT2D eigenvalue weighted by Gasteiger charge is 2.65. The van der Waals surface area contributed by atoms with Gasteiger partial charge in [0.25, 0.3) is 0 Å². The zero-order chi connectivity index (χ0) is 22.9. The van der Waals surface area contributed by atoms with E-state index in [-0.39, 0.29) is 9.70 Å². The molecule has 3 heteroatoms. The Bertz CT molecular complexity index is 1040. The first-order valence-corrected chi connectivity index (χ1v) is 16.6. The van der Waals surface area contributed by atoms with Crippen molar-refractivity contribution >= 4 is 32.4 Å². The third-order valence-electron chi connectivity index (χ3n) is 7.88. The normalized spacial score (nSPS) is 15.7. The van der Waals surface area contributed by atoms with Crippen LogP contribution in [0.5, 0.6) is 0 Å². The molecule has 1 aliphatic carbocycles. The number of rotatable bonds is 6. The third-order valence-corrected chi connectivity index (χ3v) is 21.7. The Hall–Kier alpha value is -2.63. The molecule has 0 aromatic heterocycles. The average Bonchev–Trinajstić information content (AvgIpc) is 3.31. The van der Waals surface area contributed by atoms with E-state index in [1.165, 1.54) is 16.1 Å². The summed E-state index contributed by atoms with van der Waals surface area (Å²) in [5.41, 5.74) is 1.19. The highest BCUT2D eigenvalue weighted by Crippen LogP contribution is 2.59. The molecular formula is C29H35NSi2. The Kier molecular flexibility index (Phi) is 5.91. The summed E-state index contributed by atoms with van der Waals surface area (Å²) in [4.78, 5) is 4.26. The van der Waals surface area contributed by atoms with Crippen LogP contribution in [-0.4, -0.2) is 16.3 Å². The molecule has 3 aromatic carbocycles. The average molecular weight is 454 g/mol. The van der Waals surface area contributed by atoms with Crippen LogP contribution in [0.2, 0.25) is 22.8 Å². The highest BCUT2D eigenvalue weighted by atomic mass is 28.4. The zero-order valence-electron chi connectivity index (χ0n) is 20.0. The number of para-hydroxylation sites is 1. The predicted molar refractivity (Wildman–Crippen MR) is 146 cm³/mol. The second kappa shape index (κ2) is 8.38. The van der Waals surface area contributed by atoms with Gasteiger partial charge in [-0.15, -0.1) is 0 Å². The van der Waals surface area contributed by atoms with Crippen LogP contribution in [0.3, 0.4) is 0 Å². The first-order valence-electron chi connectivity index (χ1n) is 11.6. The van der Waals surface area contributed by atoms with Crippen molar-refractivity contribution in [2.45, 2.75) is 43.6 Å². The van der Waals surface area contributed by atoms with Crippen molar-refractivity contribution in [3.63, 3.8) is 0 Å². The Morgan fingerprint density at radius 3 is 1.44 bits per heavy atom. The van der Waals surface area contributed by atoms with E-state index in [1.807, 2.05) is 0 Å². The molecule has 1 aliphatic rings. The SMILES string of the molecule is CC(C)(C)[Si](C)(C)C1([Si](Nc2ccccc2)(c2ccccc2)c2ccccc2)C=CC=C1. The van der Waals surface area contributed by atoms with Gasteiger partial charge in [0.2, 0.25) is 8.24 Å². The molecule has 0 amide bonds. The predicted octanol–water partition coefficient (Wildman–Crippen LogP) is 6.77. The van der Waals surface area contributed by atoms with Gasteiger partial charge in [-0.05, 0) is 27.5 Å². The van der Waals surface area contributed by atoms with Crippen molar-refractivity contribution in [2.75, 3.05) is 4.98 Å². The van der Waals surface area contributed by atoms with Gasteiger partial charge in [0.15, 0.2) is 0 Å². The second-order valence-corrected chi connectivity index (χ2v) is 20.2. The topological polar surface area (TPSA) is 12.0 Å². The van der Waals surface area contributed by atoms with Crippen molar-refractivity contribution in [3.8, 4) is 0 Å². The Balaban J connectivity index is 2.13. The molecule has 0 aliphatic heterocycles. The minimum absolute atomic E-state index is 0.0448. The fraction of sp³-hybridized carbons (Fsp3) is 0.241. The number of anilines is 1. The van der Waals surface area contributed by atoms with E-state index in [1.54, 1.807) is 0 Å². The van der Waals surface area contributed by atoms with Gasteiger partial charge in [-0.1, -0.05) is 137 Å². The number of hydrogen-bond donors (Lipinski definition) is 1. The smallest absolute Gasteiger partial charge is 0.229 e. The van der Waals surface area contributed by atoms with Gasteiger partial charge < -0.3 is 4.98 Å². The van der Waals surface area contributed by atoms with E-state index in [0.29, 0.717) is 0 Å². The van der Waals surface area contributed by atoms with E-state index in [9.17, 15) is 0 Å². The molecule has 32 heavy (non-hydrogen) atoms. The fourth-order valence-corrected chi connectivity index (χ4v) is 17.9. The van der Waals surface area contributed by atoms with Crippen LogP contribution in [0.15, 0.2) is 115 Å². The van der Waals surface area contributed by atoms with Crippen LogP contribution in [0, 0.1) is 0 Å². The molecule has 0 radical (unpaired) electrons. The molecular weight excluding hydrogens is 418 g/mol. The molecule has 0 saturated carbocycles. The van der Waals surface area contributed by atoms with E-state index in [0.717, 1.165) is 0 Å². The molecule has 0 spiro atoms. The monoisotopic (exact) mass is 453 g/mol. The van der Waals surface area contributed by atoms with Crippen molar-refractivity contribution in [3.05, 3.63) is 115 Å². The van der Waals surface area contributed by atoms with Crippen molar-refractivity contribution in [1.82, 2.24) is 0 Å². The van der Waals surface area contributed by atoms with E-state index < -0.39 is 16.3 Å². The van der Waals surface area contributed by atoms with Crippen molar-refractivity contribution < 1.29 is 0 Å². The van der Waals surface area contributed by atoms with Crippen LogP contribution in [-0.2, 0) is 0 Å². The standard InChI is InChI=1S/C29H35NSi2/c1-28(2,3)31(4,5)29(23-15-16-24-29)32(26-19-11-7-12-20-26,27-21-13-8-14-22-27)30-25-17-9-6-10-18-25/h6-24,30H,1-5H3. The molecule has 0 saturated heterocycles. The summed E-state index contributed by atoms with van der Waals surface area (Å²) in [6.07, 6.45) is 9.68. The minimum Gasteiger partial charge on any atom is -0.403 e. The number of hydrogen-bond acceptors (Lipinski definition) is 1. The molecule has 0 heterocycles. The molecule has 164 valence electrons. The minimum atomic E-state index is -2.61. The van der Waals surface area contributed by atoms with Gasteiger partial charge in [-0.2, -0.15) is 0 Å². The Labute approximate surface area is 196 Å². The zero-order valence-corrected chi connectivity index (χ0v) is 22.0. The quantitative estimate of drug-likeness (QED) is 0.406. The summed E-state index contributed by atoms with van der Waals surface area (Å²) in [7, 11) is -4.56. The van der Waals surface area contributed by atoms with Gasteiger partial charge in [0, 0.05) is 10.3 Å². The number of nitrogens with one attached hydrogen (secondary N) is 1. The maximum atomic E-state index is 4.26. The molecule has 0 atom stereocenters. The van der Waals surface area contributed by atoms with Gasteiger partial charge in [0.1, 0.15) is 0 Å². The molecule has 0 fully saturated rings. The molecule has 1 N–H and O–H groups in total. The lowest BCUT2D eigenvalue weighted by Gasteiger charge is -2.58. The summed E-state index contributed by atoms with van der Waals surface area (Å²) in [6.45, 7) is 12.5. The molecule has 0 bridgehead atoms. The number of allylic oxidation sites excluding steroid dienone is 4. The lowest BCUT2D eigenvalue weighted by Crippen LogP contribution is -2.77. The lowest BCUT2D eigenvalue weighted by atomic mass is 10.2.